The molecular formula is C35H44F3N5O4S. The van der Waals surface area contributed by atoms with Crippen LogP contribution in [0.2, 0.25) is 0 Å². The van der Waals surface area contributed by atoms with E-state index in [-0.39, 0.29) is 35.0 Å². The van der Waals surface area contributed by atoms with Crippen LogP contribution in [0.1, 0.15) is 79.0 Å². The molecule has 0 radical (unpaired) electrons. The van der Waals surface area contributed by atoms with Crippen LogP contribution in [0.25, 0.3) is 0 Å². The number of carbonyl (C=O) groups excluding carboxylic acids is 2. The molecule has 13 heteroatoms. The van der Waals surface area contributed by atoms with Crippen LogP contribution in [0.4, 0.5) is 29.3 Å². The predicted octanol–water partition coefficient (Wildman–Crippen LogP) is 7.15. The van der Waals surface area contributed by atoms with Crippen LogP contribution in [-0.2, 0) is 22.1 Å². The van der Waals surface area contributed by atoms with Gasteiger partial charge in [0, 0.05) is 36.9 Å². The molecule has 0 N–H and O–H groups in total. The van der Waals surface area contributed by atoms with Gasteiger partial charge in [-0.25, -0.2) is 4.79 Å². The molecule has 2 fully saturated rings. The first-order valence-corrected chi connectivity index (χ1v) is 16.4. The van der Waals surface area contributed by atoms with E-state index in [2.05, 4.69) is 11.8 Å². The second kappa shape index (κ2) is 13.6. The topological polar surface area (TPSA) is 89.4 Å². The van der Waals surface area contributed by atoms with Gasteiger partial charge in [0.25, 0.3) is 5.91 Å². The Hall–Kier alpha value is -3.89. The standard InChI is InChI=1S/C35H44F3N5O4S/c1-10-24-15-27(43-31(48)42(30(44)34(43,8)9)26-12-11-25(17-39)28(16-26)35(36,37)38)13-14-29(24)46-20-23(4)40-18-21(2)41(22(3)19-40)32(45)47-33(5,6)7/h11-16,21-23H,10,18-20H2,1-9H3/t21?,22?,23-/m1/s1. The van der Waals surface area contributed by atoms with Gasteiger partial charge >= 0.3 is 12.3 Å². The van der Waals surface area contributed by atoms with Crippen molar-refractivity contribution in [1.82, 2.24) is 9.80 Å². The second-order valence-corrected chi connectivity index (χ2v) is 14.4. The zero-order chi connectivity index (χ0) is 35.9. The van der Waals surface area contributed by atoms with Crippen molar-refractivity contribution in [3.8, 4) is 11.8 Å². The number of amides is 2. The number of halogens is 3. The largest absolute Gasteiger partial charge is 0.492 e. The molecule has 0 spiro atoms. The number of thiocarbonyl (C=S) groups is 1. The molecular weight excluding hydrogens is 643 g/mol. The fraction of sp³-hybridized carbons (Fsp3) is 0.543. The molecule has 9 nitrogen and oxygen atoms in total. The zero-order valence-electron chi connectivity index (χ0n) is 28.9. The highest BCUT2D eigenvalue weighted by Gasteiger charge is 2.51. The highest BCUT2D eigenvalue weighted by atomic mass is 32.1. The molecule has 48 heavy (non-hydrogen) atoms. The smallest absolute Gasteiger partial charge is 0.417 e. The summed E-state index contributed by atoms with van der Waals surface area (Å²) in [5, 5.41) is 9.24. The molecule has 0 saturated carbocycles. The van der Waals surface area contributed by atoms with E-state index in [1.165, 1.54) is 6.07 Å². The summed E-state index contributed by atoms with van der Waals surface area (Å²) >= 11 is 5.70. The Labute approximate surface area is 286 Å². The van der Waals surface area contributed by atoms with Crippen molar-refractivity contribution < 1.29 is 32.2 Å². The molecule has 2 aliphatic heterocycles. The number of piperazine rings is 1. The summed E-state index contributed by atoms with van der Waals surface area (Å²) in [5.41, 5.74) is -2.04. The summed E-state index contributed by atoms with van der Waals surface area (Å²) in [6.45, 7) is 18.7. The van der Waals surface area contributed by atoms with Gasteiger partial charge in [-0.1, -0.05) is 6.92 Å². The molecule has 2 aromatic carbocycles. The summed E-state index contributed by atoms with van der Waals surface area (Å²) in [6, 6.07) is 10.1. The first-order chi connectivity index (χ1) is 22.2. The molecule has 3 atom stereocenters. The highest BCUT2D eigenvalue weighted by molar-refractivity contribution is 7.81. The van der Waals surface area contributed by atoms with E-state index in [4.69, 9.17) is 21.7 Å². The van der Waals surface area contributed by atoms with E-state index in [0.717, 1.165) is 22.6 Å². The molecule has 2 aliphatic rings. The molecule has 2 unspecified atom stereocenters. The average Bonchev–Trinajstić information content (AvgIpc) is 3.16. The molecule has 260 valence electrons. The fourth-order valence-electron chi connectivity index (χ4n) is 6.30. The number of ether oxygens (including phenoxy) is 2. The maximum absolute atomic E-state index is 13.7. The fourth-order valence-corrected chi connectivity index (χ4v) is 6.82. The van der Waals surface area contributed by atoms with Crippen molar-refractivity contribution in [1.29, 1.82) is 5.26 Å². The van der Waals surface area contributed by atoms with Crippen molar-refractivity contribution in [2.45, 2.75) is 104 Å². The molecule has 0 bridgehead atoms. The molecule has 0 aromatic heterocycles. The lowest BCUT2D eigenvalue weighted by Gasteiger charge is -2.46. The van der Waals surface area contributed by atoms with E-state index in [1.54, 1.807) is 35.8 Å². The normalized spacial score (nSPS) is 20.9. The van der Waals surface area contributed by atoms with Gasteiger partial charge < -0.3 is 19.3 Å². The van der Waals surface area contributed by atoms with Gasteiger partial charge in [-0.15, -0.1) is 0 Å². The number of alkyl halides is 3. The van der Waals surface area contributed by atoms with Crippen LogP contribution < -0.4 is 14.5 Å². The molecule has 2 amide bonds. The Morgan fingerprint density at radius 3 is 2.23 bits per heavy atom. The Morgan fingerprint density at radius 2 is 1.69 bits per heavy atom. The number of anilines is 2. The highest BCUT2D eigenvalue weighted by Crippen LogP contribution is 2.40. The SMILES string of the molecule is CCc1cc(N2C(=S)N(c3ccc(C#N)c(C(F)(F)F)c3)C(=O)C2(C)C)ccc1OC[C@@H](C)N1CC(C)N(C(=O)OC(C)(C)C)C(C)C1. The predicted molar refractivity (Wildman–Crippen MR) is 182 cm³/mol. The lowest BCUT2D eigenvalue weighted by atomic mass is 10.0. The van der Waals surface area contributed by atoms with Crippen LogP contribution in [0, 0.1) is 11.3 Å². The van der Waals surface area contributed by atoms with E-state index in [1.807, 2.05) is 53.7 Å². The molecule has 2 aromatic rings. The first kappa shape index (κ1) is 36.9. The Kier molecular flexibility index (Phi) is 10.4. The van der Waals surface area contributed by atoms with Crippen molar-refractivity contribution in [3.05, 3.63) is 53.1 Å². The second-order valence-electron chi connectivity index (χ2n) is 14.0. The molecule has 0 aliphatic carbocycles. The summed E-state index contributed by atoms with van der Waals surface area (Å²) in [7, 11) is 0. The van der Waals surface area contributed by atoms with Crippen LogP contribution in [-0.4, -0.2) is 75.9 Å². The van der Waals surface area contributed by atoms with E-state index in [0.29, 0.717) is 37.6 Å². The van der Waals surface area contributed by atoms with Gasteiger partial charge in [-0.3, -0.25) is 14.6 Å². The van der Waals surface area contributed by atoms with Crippen molar-refractivity contribution in [2.75, 3.05) is 29.5 Å². The number of nitrogens with zero attached hydrogens (tertiary/aromatic N) is 5. The maximum Gasteiger partial charge on any atom is 0.417 e. The average molecular weight is 688 g/mol. The van der Waals surface area contributed by atoms with Crippen molar-refractivity contribution in [3.63, 3.8) is 0 Å². The summed E-state index contributed by atoms with van der Waals surface area (Å²) in [6.07, 6.45) is -4.48. The number of rotatable bonds is 7. The summed E-state index contributed by atoms with van der Waals surface area (Å²) < 4.78 is 53.1. The third-order valence-electron chi connectivity index (χ3n) is 8.69. The number of nitriles is 1. The van der Waals surface area contributed by atoms with Gasteiger partial charge in [0.2, 0.25) is 0 Å². The Bertz CT molecular complexity index is 1600. The minimum atomic E-state index is -4.78. The quantitative estimate of drug-likeness (QED) is 0.284. The van der Waals surface area contributed by atoms with Gasteiger partial charge in [-0.05, 0) is 116 Å². The zero-order valence-corrected chi connectivity index (χ0v) is 29.8. The van der Waals surface area contributed by atoms with Crippen molar-refractivity contribution >= 4 is 40.7 Å². The van der Waals surface area contributed by atoms with E-state index >= 15 is 0 Å². The summed E-state index contributed by atoms with van der Waals surface area (Å²) in [5.74, 6) is 0.183. The number of hydrogen-bond acceptors (Lipinski definition) is 7. The van der Waals surface area contributed by atoms with Crippen LogP contribution in [0.15, 0.2) is 36.4 Å². The number of carbonyl (C=O) groups is 2. The van der Waals surface area contributed by atoms with E-state index in [9.17, 15) is 28.0 Å². The summed E-state index contributed by atoms with van der Waals surface area (Å²) in [4.78, 5) is 33.3. The van der Waals surface area contributed by atoms with E-state index < -0.39 is 34.4 Å². The minimum absolute atomic E-state index is 0.0286. The number of hydrogen-bond donors (Lipinski definition) is 0. The lowest BCUT2D eigenvalue weighted by Crippen LogP contribution is -2.61. The molecule has 4 rings (SSSR count). The van der Waals surface area contributed by atoms with Crippen molar-refractivity contribution in [2.24, 2.45) is 0 Å². The van der Waals surface area contributed by atoms with Gasteiger partial charge in [0.1, 0.15) is 23.5 Å². The Morgan fingerprint density at radius 1 is 1.08 bits per heavy atom. The van der Waals surface area contributed by atoms with Gasteiger partial charge in [-0.2, -0.15) is 18.4 Å². The third-order valence-corrected chi connectivity index (χ3v) is 9.06. The Balaban J connectivity index is 1.50. The van der Waals surface area contributed by atoms with Gasteiger partial charge in [0.15, 0.2) is 5.11 Å². The molecule has 2 saturated heterocycles. The van der Waals surface area contributed by atoms with Gasteiger partial charge in [0.05, 0.1) is 22.9 Å². The first-order valence-electron chi connectivity index (χ1n) is 16.0. The van der Waals surface area contributed by atoms with Crippen LogP contribution >= 0.6 is 12.2 Å². The van der Waals surface area contributed by atoms with Crippen LogP contribution in [0.5, 0.6) is 5.75 Å². The minimum Gasteiger partial charge on any atom is -0.492 e. The number of aryl methyl sites for hydroxylation is 1. The maximum atomic E-state index is 13.7. The lowest BCUT2D eigenvalue weighted by molar-refractivity contribution is -0.137. The van der Waals surface area contributed by atoms with Crippen LogP contribution in [0.3, 0.4) is 0 Å². The monoisotopic (exact) mass is 687 g/mol. The molecule has 2 heterocycles. The third kappa shape index (κ3) is 7.39. The number of benzene rings is 2.